The Bertz CT molecular complexity index is 206. The molecule has 0 aromatic carbocycles. The Morgan fingerprint density at radius 3 is 2.93 bits per heavy atom. The second kappa shape index (κ2) is 6.11. The van der Waals surface area contributed by atoms with Crippen molar-refractivity contribution in [3.05, 3.63) is 0 Å². The molecule has 0 aromatic rings. The summed E-state index contributed by atoms with van der Waals surface area (Å²) in [5, 5.41) is 9.08. The molecule has 3 nitrogen and oxygen atoms in total. The lowest BCUT2D eigenvalue weighted by molar-refractivity contribution is -0.134. The second-order valence-corrected chi connectivity index (χ2v) is 4.75. The van der Waals surface area contributed by atoms with Crippen molar-refractivity contribution < 1.29 is 9.90 Å². The zero-order valence-electron chi connectivity index (χ0n) is 9.91. The first kappa shape index (κ1) is 12.5. The minimum atomic E-state index is 0.215. The van der Waals surface area contributed by atoms with Gasteiger partial charge in [0, 0.05) is 26.1 Å². The fraction of sp³-hybridized carbons (Fsp3) is 0.917. The normalized spacial score (nSPS) is 23.9. The second-order valence-electron chi connectivity index (χ2n) is 4.75. The third kappa shape index (κ3) is 3.82. The molecule has 88 valence electrons. The predicted octanol–water partition coefficient (Wildman–Crippen LogP) is 1.65. The van der Waals surface area contributed by atoms with E-state index < -0.39 is 0 Å². The van der Waals surface area contributed by atoms with E-state index in [9.17, 15) is 4.79 Å². The van der Waals surface area contributed by atoms with Crippen molar-refractivity contribution in [1.82, 2.24) is 4.90 Å². The number of aliphatic hydroxyl groups excluding tert-OH is 1. The van der Waals surface area contributed by atoms with E-state index in [1.165, 1.54) is 0 Å². The topological polar surface area (TPSA) is 40.5 Å². The number of hydrogen-bond donors (Lipinski definition) is 1. The summed E-state index contributed by atoms with van der Waals surface area (Å²) < 4.78 is 0. The maximum Gasteiger partial charge on any atom is 0.222 e. The van der Waals surface area contributed by atoms with Crippen LogP contribution in [0.1, 0.15) is 39.5 Å². The van der Waals surface area contributed by atoms with Gasteiger partial charge in [0.15, 0.2) is 0 Å². The molecule has 3 heteroatoms. The molecule has 0 aliphatic carbocycles. The van der Waals surface area contributed by atoms with Crippen molar-refractivity contribution in [3.8, 4) is 0 Å². The fourth-order valence-corrected chi connectivity index (χ4v) is 2.01. The first-order chi connectivity index (χ1) is 7.17. The molecule has 0 spiro atoms. The third-order valence-electron chi connectivity index (χ3n) is 3.35. The number of nitrogens with zero attached hydrogens (tertiary/aromatic N) is 1. The molecule has 15 heavy (non-hydrogen) atoms. The minimum Gasteiger partial charge on any atom is -0.396 e. The van der Waals surface area contributed by atoms with Gasteiger partial charge in [-0.25, -0.2) is 0 Å². The lowest BCUT2D eigenvalue weighted by atomic mass is 9.97. The zero-order valence-corrected chi connectivity index (χ0v) is 9.91. The number of aliphatic hydroxyl groups is 1. The molecule has 1 aliphatic rings. The highest BCUT2D eigenvalue weighted by atomic mass is 16.3. The number of hydrogen-bond acceptors (Lipinski definition) is 2. The van der Waals surface area contributed by atoms with Gasteiger partial charge in [0.25, 0.3) is 0 Å². The summed E-state index contributed by atoms with van der Waals surface area (Å²) in [5.41, 5.74) is 0. The van der Waals surface area contributed by atoms with Crippen molar-refractivity contribution in [2.75, 3.05) is 19.7 Å². The van der Waals surface area contributed by atoms with Gasteiger partial charge in [-0.1, -0.05) is 20.3 Å². The van der Waals surface area contributed by atoms with E-state index in [1.54, 1.807) is 0 Å². The van der Waals surface area contributed by atoms with Gasteiger partial charge in [0.2, 0.25) is 5.91 Å². The Morgan fingerprint density at radius 2 is 2.33 bits per heavy atom. The molecule has 1 rings (SSSR count). The minimum absolute atomic E-state index is 0.215. The summed E-state index contributed by atoms with van der Waals surface area (Å²) in [4.78, 5) is 13.8. The molecule has 1 saturated heterocycles. The summed E-state index contributed by atoms with van der Waals surface area (Å²) in [6, 6.07) is 0. The van der Waals surface area contributed by atoms with E-state index in [0.717, 1.165) is 32.4 Å². The van der Waals surface area contributed by atoms with E-state index in [2.05, 4.69) is 13.8 Å². The average molecular weight is 213 g/mol. The number of amides is 1. The van der Waals surface area contributed by atoms with Crippen LogP contribution in [0.25, 0.3) is 0 Å². The van der Waals surface area contributed by atoms with E-state index in [-0.39, 0.29) is 12.5 Å². The van der Waals surface area contributed by atoms with Crippen molar-refractivity contribution in [3.63, 3.8) is 0 Å². The van der Waals surface area contributed by atoms with Crippen LogP contribution in [0.15, 0.2) is 0 Å². The monoisotopic (exact) mass is 213 g/mol. The summed E-state index contributed by atoms with van der Waals surface area (Å²) in [5.74, 6) is 1.05. The molecule has 2 atom stereocenters. The van der Waals surface area contributed by atoms with Crippen LogP contribution < -0.4 is 0 Å². The molecule has 1 N–H and O–H groups in total. The number of rotatable bonds is 4. The zero-order chi connectivity index (χ0) is 11.3. The van der Waals surface area contributed by atoms with Gasteiger partial charge >= 0.3 is 0 Å². The summed E-state index contributed by atoms with van der Waals surface area (Å²) in [7, 11) is 0. The van der Waals surface area contributed by atoms with Crippen LogP contribution in [-0.2, 0) is 4.79 Å². The molecule has 1 fully saturated rings. The van der Waals surface area contributed by atoms with Gasteiger partial charge in [-0.15, -0.1) is 0 Å². The Labute approximate surface area is 92.5 Å². The van der Waals surface area contributed by atoms with E-state index >= 15 is 0 Å². The van der Waals surface area contributed by atoms with Crippen LogP contribution in [0.4, 0.5) is 0 Å². The van der Waals surface area contributed by atoms with Gasteiger partial charge in [-0.3, -0.25) is 4.79 Å². The van der Waals surface area contributed by atoms with Crippen LogP contribution in [0.2, 0.25) is 0 Å². The molecule has 1 heterocycles. The van der Waals surface area contributed by atoms with Crippen molar-refractivity contribution in [1.29, 1.82) is 0 Å². The summed E-state index contributed by atoms with van der Waals surface area (Å²) in [6.07, 6.45) is 3.82. The lowest BCUT2D eigenvalue weighted by Gasteiger charge is -2.32. The van der Waals surface area contributed by atoms with E-state index in [0.29, 0.717) is 18.3 Å². The van der Waals surface area contributed by atoms with Crippen LogP contribution in [0, 0.1) is 11.8 Å². The molecule has 0 radical (unpaired) electrons. The standard InChI is InChI=1S/C12H23NO2/c1-3-10(2)7-12(15)13-6-4-5-11(8-13)9-14/h10-11,14H,3-9H2,1-2H3/t10-,11+/m0/s1. The van der Waals surface area contributed by atoms with Crippen LogP contribution >= 0.6 is 0 Å². The summed E-state index contributed by atoms with van der Waals surface area (Å²) in [6.45, 7) is 6.08. The molecule has 0 unspecified atom stereocenters. The predicted molar refractivity (Wildman–Crippen MR) is 60.5 cm³/mol. The van der Waals surface area contributed by atoms with Crippen LogP contribution in [0.3, 0.4) is 0 Å². The highest BCUT2D eigenvalue weighted by Crippen LogP contribution is 2.18. The fourth-order valence-electron chi connectivity index (χ4n) is 2.01. The van der Waals surface area contributed by atoms with Gasteiger partial charge in [0.1, 0.15) is 0 Å². The van der Waals surface area contributed by atoms with E-state index in [4.69, 9.17) is 5.11 Å². The molecule has 0 aromatic heterocycles. The van der Waals surface area contributed by atoms with Crippen molar-refractivity contribution in [2.24, 2.45) is 11.8 Å². The van der Waals surface area contributed by atoms with Crippen LogP contribution in [-0.4, -0.2) is 35.6 Å². The maximum atomic E-state index is 11.9. The van der Waals surface area contributed by atoms with Gasteiger partial charge in [-0.05, 0) is 24.7 Å². The number of carbonyl (C=O) groups excluding carboxylic acids is 1. The first-order valence-electron chi connectivity index (χ1n) is 6.06. The Hall–Kier alpha value is -0.570. The van der Waals surface area contributed by atoms with E-state index in [1.807, 2.05) is 4.90 Å². The number of piperidine rings is 1. The molecule has 1 amide bonds. The maximum absolute atomic E-state index is 11.9. The third-order valence-corrected chi connectivity index (χ3v) is 3.35. The largest absolute Gasteiger partial charge is 0.396 e. The Balaban J connectivity index is 2.38. The highest BCUT2D eigenvalue weighted by Gasteiger charge is 2.23. The average Bonchev–Trinajstić information content (AvgIpc) is 2.28. The quantitative estimate of drug-likeness (QED) is 0.771. The first-order valence-corrected chi connectivity index (χ1v) is 6.06. The smallest absolute Gasteiger partial charge is 0.222 e. The highest BCUT2D eigenvalue weighted by molar-refractivity contribution is 5.76. The van der Waals surface area contributed by atoms with Crippen LogP contribution in [0.5, 0.6) is 0 Å². The Kier molecular flexibility index (Phi) is 5.09. The van der Waals surface area contributed by atoms with Crippen molar-refractivity contribution in [2.45, 2.75) is 39.5 Å². The lowest BCUT2D eigenvalue weighted by Crippen LogP contribution is -2.41. The molecule has 1 aliphatic heterocycles. The molecular formula is C12H23NO2. The van der Waals surface area contributed by atoms with Gasteiger partial charge < -0.3 is 10.0 Å². The van der Waals surface area contributed by atoms with Gasteiger partial charge in [0.05, 0.1) is 0 Å². The molecule has 0 bridgehead atoms. The SMILES string of the molecule is CC[C@H](C)CC(=O)N1CCC[C@@H](CO)C1. The Morgan fingerprint density at radius 1 is 1.60 bits per heavy atom. The summed E-state index contributed by atoms with van der Waals surface area (Å²) >= 11 is 0. The van der Waals surface area contributed by atoms with Crippen molar-refractivity contribution >= 4 is 5.91 Å². The number of likely N-dealkylation sites (tertiary alicyclic amines) is 1. The van der Waals surface area contributed by atoms with Gasteiger partial charge in [-0.2, -0.15) is 0 Å². The molecule has 0 saturated carbocycles. The number of carbonyl (C=O) groups is 1. The molecular weight excluding hydrogens is 190 g/mol.